The fraction of sp³-hybridized carbons (Fsp3) is 0.571. The van der Waals surface area contributed by atoms with Gasteiger partial charge >= 0.3 is 0 Å². The van der Waals surface area contributed by atoms with Crippen molar-refractivity contribution in [3.05, 3.63) is 41.2 Å². The molecule has 1 aromatic carbocycles. The van der Waals surface area contributed by atoms with Crippen LogP contribution < -0.4 is 15.5 Å². The Labute approximate surface area is 171 Å². The van der Waals surface area contributed by atoms with Gasteiger partial charge in [-0.3, -0.25) is 0 Å². The van der Waals surface area contributed by atoms with Crippen LogP contribution in [0.2, 0.25) is 0 Å². The zero-order valence-electron chi connectivity index (χ0n) is 17.5. The van der Waals surface area contributed by atoms with E-state index in [1.54, 1.807) is 12.1 Å². The number of anilines is 1. The molecule has 7 nitrogen and oxygen atoms in total. The van der Waals surface area contributed by atoms with Crippen LogP contribution in [0.4, 0.5) is 10.1 Å². The van der Waals surface area contributed by atoms with E-state index in [0.29, 0.717) is 18.6 Å². The van der Waals surface area contributed by atoms with Crippen molar-refractivity contribution in [1.29, 1.82) is 0 Å². The van der Waals surface area contributed by atoms with Crippen molar-refractivity contribution < 1.29 is 4.39 Å². The number of piperidine rings is 1. The van der Waals surface area contributed by atoms with E-state index in [9.17, 15) is 4.39 Å². The topological polar surface area (TPSA) is 70.4 Å². The van der Waals surface area contributed by atoms with Gasteiger partial charge in [0.25, 0.3) is 0 Å². The van der Waals surface area contributed by atoms with Crippen molar-refractivity contribution in [2.45, 2.75) is 58.2 Å². The molecular weight excluding hydrogens is 369 g/mol. The lowest BCUT2D eigenvalue weighted by Gasteiger charge is -2.36. The third-order valence-electron chi connectivity index (χ3n) is 5.74. The maximum Gasteiger partial charge on any atom is 0.192 e. The Hall–Kier alpha value is -2.64. The summed E-state index contributed by atoms with van der Waals surface area (Å²) in [5, 5.41) is 15.5. The highest BCUT2D eigenvalue weighted by atomic mass is 19.1. The van der Waals surface area contributed by atoms with Crippen LogP contribution >= 0.6 is 0 Å². The standard InChI is InChI=1S/C21H30FN7/c1-14-11-16(22)6-9-19(14)29-10-4-5-18(13-29)25-21(24-17-7-8-17)23-12-20-27-26-15(2)28(20)3/h6,9,11,17-18H,4-5,7-8,10,12-13H2,1-3H3,(H2,23,24,25). The summed E-state index contributed by atoms with van der Waals surface area (Å²) >= 11 is 0. The van der Waals surface area contributed by atoms with Crippen molar-refractivity contribution in [3.8, 4) is 0 Å². The zero-order valence-corrected chi connectivity index (χ0v) is 17.5. The molecule has 1 aliphatic heterocycles. The fourth-order valence-corrected chi connectivity index (χ4v) is 3.77. The number of rotatable bonds is 5. The first-order chi connectivity index (χ1) is 14.0. The maximum absolute atomic E-state index is 13.5. The Morgan fingerprint density at radius 2 is 1.97 bits per heavy atom. The minimum atomic E-state index is -0.181. The van der Waals surface area contributed by atoms with Crippen molar-refractivity contribution in [1.82, 2.24) is 25.4 Å². The molecule has 2 heterocycles. The quantitative estimate of drug-likeness (QED) is 0.597. The summed E-state index contributed by atoms with van der Waals surface area (Å²) in [6.45, 7) is 6.27. The van der Waals surface area contributed by atoms with E-state index in [-0.39, 0.29) is 5.82 Å². The summed E-state index contributed by atoms with van der Waals surface area (Å²) in [4.78, 5) is 7.12. The fourth-order valence-electron chi connectivity index (χ4n) is 3.77. The molecule has 1 aliphatic carbocycles. The molecule has 8 heteroatoms. The van der Waals surface area contributed by atoms with Crippen LogP contribution in [0, 0.1) is 19.7 Å². The molecule has 4 rings (SSSR count). The molecular formula is C21H30FN7. The van der Waals surface area contributed by atoms with Gasteiger partial charge in [-0.1, -0.05) is 0 Å². The number of benzene rings is 1. The van der Waals surface area contributed by atoms with Gasteiger partial charge in [-0.15, -0.1) is 10.2 Å². The van der Waals surface area contributed by atoms with E-state index in [1.807, 2.05) is 31.5 Å². The lowest BCUT2D eigenvalue weighted by Crippen LogP contribution is -2.51. The highest BCUT2D eigenvalue weighted by Gasteiger charge is 2.26. The summed E-state index contributed by atoms with van der Waals surface area (Å²) < 4.78 is 15.4. The zero-order chi connectivity index (χ0) is 20.4. The number of hydrogen-bond donors (Lipinski definition) is 2. The van der Waals surface area contributed by atoms with Crippen molar-refractivity contribution in [2.24, 2.45) is 12.0 Å². The summed E-state index contributed by atoms with van der Waals surface area (Å²) in [5.74, 6) is 2.40. The molecule has 0 radical (unpaired) electrons. The molecule has 0 amide bonds. The highest BCUT2D eigenvalue weighted by Crippen LogP contribution is 2.25. The van der Waals surface area contributed by atoms with Gasteiger partial charge in [0.05, 0.1) is 0 Å². The second-order valence-corrected chi connectivity index (χ2v) is 8.17. The SMILES string of the molecule is Cc1cc(F)ccc1N1CCCC(NC(=NCc2nnc(C)n2C)NC2CC2)C1. The molecule has 0 bridgehead atoms. The smallest absolute Gasteiger partial charge is 0.192 e. The van der Waals surface area contributed by atoms with E-state index < -0.39 is 0 Å². The van der Waals surface area contributed by atoms with Crippen molar-refractivity contribution in [2.75, 3.05) is 18.0 Å². The van der Waals surface area contributed by atoms with Gasteiger partial charge in [0.15, 0.2) is 11.8 Å². The lowest BCUT2D eigenvalue weighted by molar-refractivity contribution is 0.466. The third kappa shape index (κ3) is 4.86. The first-order valence-electron chi connectivity index (χ1n) is 10.4. The molecule has 156 valence electrons. The number of aliphatic imine (C=N–C) groups is 1. The van der Waals surface area contributed by atoms with Gasteiger partial charge in [0.1, 0.15) is 18.2 Å². The third-order valence-corrected chi connectivity index (χ3v) is 5.74. The van der Waals surface area contributed by atoms with Crippen LogP contribution in [-0.4, -0.2) is 45.9 Å². The van der Waals surface area contributed by atoms with E-state index in [1.165, 1.54) is 12.8 Å². The van der Waals surface area contributed by atoms with E-state index in [4.69, 9.17) is 4.99 Å². The number of nitrogens with one attached hydrogen (secondary N) is 2. The maximum atomic E-state index is 13.5. The van der Waals surface area contributed by atoms with E-state index >= 15 is 0 Å². The Bertz CT molecular complexity index is 887. The van der Waals surface area contributed by atoms with Crippen LogP contribution in [-0.2, 0) is 13.6 Å². The molecule has 1 saturated carbocycles. The first-order valence-corrected chi connectivity index (χ1v) is 10.4. The molecule has 1 atom stereocenters. The minimum absolute atomic E-state index is 0.181. The molecule has 1 saturated heterocycles. The van der Waals surface area contributed by atoms with Gasteiger partial charge in [-0.25, -0.2) is 9.38 Å². The number of hydrogen-bond acceptors (Lipinski definition) is 4. The largest absolute Gasteiger partial charge is 0.369 e. The van der Waals surface area contributed by atoms with E-state index in [2.05, 4.69) is 25.7 Å². The van der Waals surface area contributed by atoms with E-state index in [0.717, 1.165) is 54.8 Å². The Balaban J connectivity index is 1.43. The molecule has 1 aromatic heterocycles. The predicted molar refractivity (Wildman–Crippen MR) is 113 cm³/mol. The molecule has 0 spiro atoms. The molecule has 2 fully saturated rings. The van der Waals surface area contributed by atoms with Gasteiger partial charge in [-0.2, -0.15) is 0 Å². The molecule has 2 aliphatic rings. The first kappa shape index (κ1) is 19.7. The van der Waals surface area contributed by atoms with Gasteiger partial charge in [0, 0.05) is 37.9 Å². The van der Waals surface area contributed by atoms with Crippen LogP contribution in [0.1, 0.15) is 42.9 Å². The molecule has 2 aromatic rings. The Kier molecular flexibility index (Phi) is 5.69. The molecule has 29 heavy (non-hydrogen) atoms. The summed E-state index contributed by atoms with van der Waals surface area (Å²) in [7, 11) is 1.96. The normalized spacial score (nSPS) is 20.1. The number of halogens is 1. The second-order valence-electron chi connectivity index (χ2n) is 8.17. The van der Waals surface area contributed by atoms with Crippen molar-refractivity contribution >= 4 is 11.6 Å². The number of nitrogens with zero attached hydrogens (tertiary/aromatic N) is 5. The average molecular weight is 400 g/mol. The van der Waals surface area contributed by atoms with Gasteiger partial charge in [0.2, 0.25) is 0 Å². The van der Waals surface area contributed by atoms with Crippen LogP contribution in [0.15, 0.2) is 23.2 Å². The number of aryl methyl sites for hydroxylation is 2. The lowest BCUT2D eigenvalue weighted by atomic mass is 10.0. The van der Waals surface area contributed by atoms with Crippen molar-refractivity contribution in [3.63, 3.8) is 0 Å². The highest BCUT2D eigenvalue weighted by molar-refractivity contribution is 5.80. The summed E-state index contributed by atoms with van der Waals surface area (Å²) in [5.41, 5.74) is 2.09. The van der Waals surface area contributed by atoms with Crippen LogP contribution in [0.3, 0.4) is 0 Å². The Morgan fingerprint density at radius 1 is 1.17 bits per heavy atom. The molecule has 2 N–H and O–H groups in total. The monoisotopic (exact) mass is 399 g/mol. The Morgan fingerprint density at radius 3 is 2.66 bits per heavy atom. The number of guanidine groups is 1. The average Bonchev–Trinajstić information content (AvgIpc) is 3.45. The second kappa shape index (κ2) is 8.39. The number of aromatic nitrogens is 3. The van der Waals surface area contributed by atoms with Crippen LogP contribution in [0.25, 0.3) is 0 Å². The minimum Gasteiger partial charge on any atom is -0.369 e. The van der Waals surface area contributed by atoms with Crippen LogP contribution in [0.5, 0.6) is 0 Å². The van der Waals surface area contributed by atoms with Gasteiger partial charge in [-0.05, 0) is 63.3 Å². The summed E-state index contributed by atoms with van der Waals surface area (Å²) in [6.07, 6.45) is 4.56. The summed E-state index contributed by atoms with van der Waals surface area (Å²) in [6, 6.07) is 5.85. The van der Waals surface area contributed by atoms with Gasteiger partial charge < -0.3 is 20.1 Å². The predicted octanol–water partition coefficient (Wildman–Crippen LogP) is 2.44. The molecule has 1 unspecified atom stereocenters.